The number of benzene rings is 1. The molecule has 0 fully saturated rings. The molecule has 0 atom stereocenters. The van der Waals surface area contributed by atoms with Gasteiger partial charge in [-0.3, -0.25) is 5.10 Å². The summed E-state index contributed by atoms with van der Waals surface area (Å²) < 4.78 is 10.8. The predicted octanol–water partition coefficient (Wildman–Crippen LogP) is 2.89. The van der Waals surface area contributed by atoms with Crippen LogP contribution in [0.25, 0.3) is 11.1 Å². The van der Waals surface area contributed by atoms with Crippen molar-refractivity contribution in [3.8, 4) is 22.6 Å². The van der Waals surface area contributed by atoms with E-state index in [0.717, 1.165) is 12.0 Å². The van der Waals surface area contributed by atoms with Crippen LogP contribution >= 0.6 is 11.6 Å². The summed E-state index contributed by atoms with van der Waals surface area (Å²) >= 11 is 6.45. The van der Waals surface area contributed by atoms with Crippen LogP contribution < -0.4 is 15.2 Å². The summed E-state index contributed by atoms with van der Waals surface area (Å²) in [6.07, 6.45) is 2.40. The van der Waals surface area contributed by atoms with Gasteiger partial charge in [-0.1, -0.05) is 18.5 Å². The zero-order valence-electron chi connectivity index (χ0n) is 11.1. The third-order valence-electron chi connectivity index (χ3n) is 3.00. The van der Waals surface area contributed by atoms with Gasteiger partial charge in [-0.2, -0.15) is 5.10 Å². The average Bonchev–Trinajstić information content (AvgIpc) is 2.84. The first kappa shape index (κ1) is 13.5. The van der Waals surface area contributed by atoms with E-state index in [1.54, 1.807) is 20.4 Å². The fourth-order valence-corrected chi connectivity index (χ4v) is 2.39. The Morgan fingerprint density at radius 3 is 2.58 bits per heavy atom. The molecule has 102 valence electrons. The second-order valence-corrected chi connectivity index (χ2v) is 4.39. The van der Waals surface area contributed by atoms with Gasteiger partial charge in [0.25, 0.3) is 0 Å². The van der Waals surface area contributed by atoms with E-state index < -0.39 is 0 Å². The van der Waals surface area contributed by atoms with Gasteiger partial charge >= 0.3 is 0 Å². The number of aryl methyl sites for hydroxylation is 1. The number of aromatic amines is 1. The summed E-state index contributed by atoms with van der Waals surface area (Å²) in [5.74, 6) is 1.62. The van der Waals surface area contributed by atoms with Crippen molar-refractivity contribution in [1.29, 1.82) is 0 Å². The van der Waals surface area contributed by atoms with Crippen molar-refractivity contribution in [1.82, 2.24) is 10.2 Å². The molecule has 1 aromatic heterocycles. The van der Waals surface area contributed by atoms with Gasteiger partial charge in [0.1, 0.15) is 5.82 Å². The highest BCUT2D eigenvalue weighted by atomic mass is 35.5. The second-order valence-electron chi connectivity index (χ2n) is 4.01. The van der Waals surface area contributed by atoms with Crippen LogP contribution in [-0.2, 0) is 6.42 Å². The molecule has 0 aliphatic rings. The number of rotatable bonds is 4. The maximum absolute atomic E-state index is 6.45. The van der Waals surface area contributed by atoms with Crippen LogP contribution in [0.1, 0.15) is 12.5 Å². The molecule has 1 heterocycles. The molecule has 0 saturated carbocycles. The fourth-order valence-electron chi connectivity index (χ4n) is 2.02. The van der Waals surface area contributed by atoms with E-state index >= 15 is 0 Å². The van der Waals surface area contributed by atoms with E-state index in [0.29, 0.717) is 33.5 Å². The maximum atomic E-state index is 6.45. The molecule has 0 aliphatic heterocycles. The number of hydrogen-bond acceptors (Lipinski definition) is 4. The van der Waals surface area contributed by atoms with Gasteiger partial charge in [0, 0.05) is 5.56 Å². The SMILES string of the molecule is CCc1cc(OC)c(OC)c(-c2cn[nH]c2N)c1Cl. The van der Waals surface area contributed by atoms with Gasteiger partial charge in [-0.05, 0) is 18.1 Å². The quantitative estimate of drug-likeness (QED) is 0.904. The lowest BCUT2D eigenvalue weighted by atomic mass is 10.0. The van der Waals surface area contributed by atoms with Gasteiger partial charge in [0.2, 0.25) is 0 Å². The number of nitrogens with two attached hydrogens (primary N) is 1. The monoisotopic (exact) mass is 281 g/mol. The van der Waals surface area contributed by atoms with Crippen molar-refractivity contribution in [3.63, 3.8) is 0 Å². The first-order chi connectivity index (χ1) is 9.13. The van der Waals surface area contributed by atoms with Gasteiger partial charge < -0.3 is 15.2 Å². The summed E-state index contributed by atoms with van der Waals surface area (Å²) in [5, 5.41) is 7.22. The number of halogens is 1. The number of nitrogen functional groups attached to an aromatic ring is 1. The van der Waals surface area contributed by atoms with Crippen LogP contribution in [0.15, 0.2) is 12.3 Å². The van der Waals surface area contributed by atoms with Crippen molar-refractivity contribution in [2.24, 2.45) is 0 Å². The minimum Gasteiger partial charge on any atom is -0.493 e. The van der Waals surface area contributed by atoms with E-state index in [1.165, 1.54) is 0 Å². The number of nitrogens with one attached hydrogen (secondary N) is 1. The molecule has 0 bridgehead atoms. The van der Waals surface area contributed by atoms with Crippen LogP contribution in [-0.4, -0.2) is 24.4 Å². The van der Waals surface area contributed by atoms with Crippen molar-refractivity contribution < 1.29 is 9.47 Å². The Balaban J connectivity index is 2.79. The molecule has 0 aliphatic carbocycles. The highest BCUT2D eigenvalue weighted by molar-refractivity contribution is 6.34. The van der Waals surface area contributed by atoms with E-state index in [-0.39, 0.29) is 0 Å². The molecular formula is C13H16ClN3O2. The highest BCUT2D eigenvalue weighted by Crippen LogP contribution is 2.46. The topological polar surface area (TPSA) is 73.2 Å². The molecule has 0 unspecified atom stereocenters. The normalized spacial score (nSPS) is 10.5. The Kier molecular flexibility index (Phi) is 3.85. The van der Waals surface area contributed by atoms with Crippen molar-refractivity contribution in [2.75, 3.05) is 20.0 Å². The Hall–Kier alpha value is -1.88. The summed E-state index contributed by atoms with van der Waals surface area (Å²) in [6, 6.07) is 1.88. The van der Waals surface area contributed by atoms with Crippen LogP contribution in [0.4, 0.5) is 5.82 Å². The number of aromatic nitrogens is 2. The Morgan fingerprint density at radius 2 is 2.11 bits per heavy atom. The number of H-pyrrole nitrogens is 1. The molecule has 1 aromatic carbocycles. The Morgan fingerprint density at radius 1 is 1.37 bits per heavy atom. The van der Waals surface area contributed by atoms with E-state index in [1.807, 2.05) is 13.0 Å². The lowest BCUT2D eigenvalue weighted by Gasteiger charge is -2.16. The number of ether oxygens (including phenoxy) is 2. The molecule has 0 spiro atoms. The van der Waals surface area contributed by atoms with Crippen molar-refractivity contribution >= 4 is 17.4 Å². The first-order valence-corrected chi connectivity index (χ1v) is 6.24. The molecule has 2 aromatic rings. The molecule has 6 heteroatoms. The summed E-state index contributed by atoms with van der Waals surface area (Å²) in [7, 11) is 3.16. The van der Waals surface area contributed by atoms with E-state index in [9.17, 15) is 0 Å². The molecule has 0 amide bonds. The third kappa shape index (κ3) is 2.21. The number of anilines is 1. The van der Waals surface area contributed by atoms with Gasteiger partial charge in [-0.25, -0.2) is 0 Å². The van der Waals surface area contributed by atoms with Gasteiger partial charge in [0.05, 0.1) is 31.0 Å². The fraction of sp³-hybridized carbons (Fsp3) is 0.308. The standard InChI is InChI=1S/C13H16ClN3O2/c1-4-7-5-9(18-2)12(19-3)10(11(7)14)8-6-16-17-13(8)15/h5-6H,4H2,1-3H3,(H3,15,16,17). The first-order valence-electron chi connectivity index (χ1n) is 5.86. The molecule has 5 nitrogen and oxygen atoms in total. The zero-order valence-corrected chi connectivity index (χ0v) is 11.8. The molecule has 0 radical (unpaired) electrons. The Bertz CT molecular complexity index is 596. The largest absolute Gasteiger partial charge is 0.493 e. The molecule has 3 N–H and O–H groups in total. The smallest absolute Gasteiger partial charge is 0.170 e. The highest BCUT2D eigenvalue weighted by Gasteiger charge is 2.21. The third-order valence-corrected chi connectivity index (χ3v) is 3.43. The average molecular weight is 282 g/mol. The number of methoxy groups -OCH3 is 2. The minimum atomic E-state index is 0.440. The van der Waals surface area contributed by atoms with Crippen LogP contribution in [0.2, 0.25) is 5.02 Å². The van der Waals surface area contributed by atoms with E-state index in [2.05, 4.69) is 10.2 Å². The van der Waals surface area contributed by atoms with Gasteiger partial charge in [0.15, 0.2) is 11.5 Å². The second kappa shape index (κ2) is 5.40. The van der Waals surface area contributed by atoms with Crippen molar-refractivity contribution in [3.05, 3.63) is 22.8 Å². The number of hydrogen-bond donors (Lipinski definition) is 2. The maximum Gasteiger partial charge on any atom is 0.170 e. The summed E-state index contributed by atoms with van der Waals surface area (Å²) in [4.78, 5) is 0. The Labute approximate surface area is 116 Å². The molecule has 2 rings (SSSR count). The molecule has 19 heavy (non-hydrogen) atoms. The number of nitrogens with zero attached hydrogens (tertiary/aromatic N) is 1. The van der Waals surface area contributed by atoms with Crippen molar-refractivity contribution in [2.45, 2.75) is 13.3 Å². The lowest BCUT2D eigenvalue weighted by molar-refractivity contribution is 0.356. The molecular weight excluding hydrogens is 266 g/mol. The van der Waals surface area contributed by atoms with Gasteiger partial charge in [-0.15, -0.1) is 0 Å². The van der Waals surface area contributed by atoms with E-state index in [4.69, 9.17) is 26.8 Å². The van der Waals surface area contributed by atoms with Crippen LogP contribution in [0.3, 0.4) is 0 Å². The van der Waals surface area contributed by atoms with Crippen LogP contribution in [0.5, 0.6) is 11.5 Å². The lowest BCUT2D eigenvalue weighted by Crippen LogP contribution is -1.98. The van der Waals surface area contributed by atoms with Crippen LogP contribution in [0, 0.1) is 0 Å². The molecule has 0 saturated heterocycles. The summed E-state index contributed by atoms with van der Waals surface area (Å²) in [6.45, 7) is 2.02. The predicted molar refractivity (Wildman–Crippen MR) is 75.9 cm³/mol. The summed E-state index contributed by atoms with van der Waals surface area (Å²) in [5.41, 5.74) is 8.25. The minimum absolute atomic E-state index is 0.440. The zero-order chi connectivity index (χ0) is 14.0.